The van der Waals surface area contributed by atoms with Crippen molar-refractivity contribution in [3.05, 3.63) is 57.7 Å². The van der Waals surface area contributed by atoms with E-state index in [0.717, 1.165) is 5.56 Å². The molecule has 0 saturated carbocycles. The van der Waals surface area contributed by atoms with Crippen LogP contribution >= 0.6 is 23.2 Å². The molecule has 0 bridgehead atoms. The van der Waals surface area contributed by atoms with E-state index < -0.39 is 0 Å². The molecule has 122 valence electrons. The maximum Gasteiger partial charge on any atom is 0.255 e. The largest absolute Gasteiger partial charge is 0.475 e. The Labute approximate surface area is 146 Å². The van der Waals surface area contributed by atoms with Gasteiger partial charge in [0, 0.05) is 25.9 Å². The number of hydrogen-bond donors (Lipinski definition) is 0. The molecule has 1 aromatic carbocycles. The molecule has 0 saturated heterocycles. The van der Waals surface area contributed by atoms with Crippen LogP contribution in [0.5, 0.6) is 5.88 Å². The monoisotopic (exact) mass is 352 g/mol. The van der Waals surface area contributed by atoms with Crippen LogP contribution in [0.25, 0.3) is 0 Å². The highest BCUT2D eigenvalue weighted by atomic mass is 35.5. The van der Waals surface area contributed by atoms with Gasteiger partial charge in [0.15, 0.2) is 0 Å². The highest BCUT2D eigenvalue weighted by Gasteiger charge is 2.15. The lowest BCUT2D eigenvalue weighted by atomic mass is 10.2. The molecule has 0 unspecified atom stereocenters. The summed E-state index contributed by atoms with van der Waals surface area (Å²) in [5.74, 6) is 0.349. The molecule has 2 rings (SSSR count). The molecule has 0 spiro atoms. The molecule has 1 heterocycles. The number of benzene rings is 1. The van der Waals surface area contributed by atoms with Gasteiger partial charge >= 0.3 is 0 Å². The summed E-state index contributed by atoms with van der Waals surface area (Å²) >= 11 is 12.2. The van der Waals surface area contributed by atoms with Crippen LogP contribution in [-0.4, -0.2) is 28.9 Å². The van der Waals surface area contributed by atoms with Gasteiger partial charge in [0.2, 0.25) is 5.88 Å². The quantitative estimate of drug-likeness (QED) is 0.798. The zero-order chi connectivity index (χ0) is 17.0. The van der Waals surface area contributed by atoms with E-state index in [0.29, 0.717) is 28.0 Å². The molecule has 0 N–H and O–H groups in total. The molecule has 0 radical (unpaired) electrons. The molecule has 0 aliphatic carbocycles. The van der Waals surface area contributed by atoms with E-state index in [4.69, 9.17) is 27.9 Å². The molecule has 0 aliphatic rings. The van der Waals surface area contributed by atoms with Crippen molar-refractivity contribution < 1.29 is 9.53 Å². The number of carbonyl (C=O) groups excluding carboxylic acids is 1. The number of nitrogens with zero attached hydrogens (tertiary/aromatic N) is 2. The molecule has 23 heavy (non-hydrogen) atoms. The number of aromatic nitrogens is 1. The second-order valence-corrected chi connectivity index (χ2v) is 6.21. The summed E-state index contributed by atoms with van der Waals surface area (Å²) in [7, 11) is 1.71. The van der Waals surface area contributed by atoms with Crippen molar-refractivity contribution in [1.82, 2.24) is 9.88 Å². The summed E-state index contributed by atoms with van der Waals surface area (Å²) in [5.41, 5.74) is 1.28. The van der Waals surface area contributed by atoms with E-state index in [2.05, 4.69) is 4.98 Å². The fraction of sp³-hybridized carbons (Fsp3) is 0.294. The van der Waals surface area contributed by atoms with Crippen LogP contribution in [0.15, 0.2) is 36.5 Å². The van der Waals surface area contributed by atoms with Gasteiger partial charge in [-0.15, -0.1) is 0 Å². The predicted octanol–water partition coefficient (Wildman–Crippen LogP) is 4.45. The molecule has 6 heteroatoms. The van der Waals surface area contributed by atoms with Crippen LogP contribution < -0.4 is 4.74 Å². The van der Waals surface area contributed by atoms with Crippen LogP contribution in [-0.2, 0) is 6.54 Å². The molecule has 1 amide bonds. The molecule has 2 aromatic rings. The van der Waals surface area contributed by atoms with Gasteiger partial charge < -0.3 is 9.64 Å². The van der Waals surface area contributed by atoms with E-state index in [1.54, 1.807) is 30.1 Å². The van der Waals surface area contributed by atoms with Crippen molar-refractivity contribution in [1.29, 1.82) is 0 Å². The Morgan fingerprint density at radius 2 is 2.00 bits per heavy atom. The summed E-state index contributed by atoms with van der Waals surface area (Å²) < 4.78 is 5.47. The average Bonchev–Trinajstić information content (AvgIpc) is 2.51. The van der Waals surface area contributed by atoms with Crippen molar-refractivity contribution in [2.45, 2.75) is 26.5 Å². The van der Waals surface area contributed by atoms with Crippen LogP contribution in [0.2, 0.25) is 10.0 Å². The molecule has 1 aromatic heterocycles. The molecular weight excluding hydrogens is 335 g/mol. The summed E-state index contributed by atoms with van der Waals surface area (Å²) in [6.45, 7) is 4.20. The second-order valence-electron chi connectivity index (χ2n) is 5.43. The Bertz CT molecular complexity index is 687. The van der Waals surface area contributed by atoms with Crippen LogP contribution in [0, 0.1) is 0 Å². The number of pyridine rings is 1. The van der Waals surface area contributed by atoms with Crippen LogP contribution in [0.4, 0.5) is 0 Å². The first kappa shape index (κ1) is 17.6. The highest BCUT2D eigenvalue weighted by molar-refractivity contribution is 6.42. The van der Waals surface area contributed by atoms with E-state index in [1.165, 1.54) is 6.20 Å². The summed E-state index contributed by atoms with van der Waals surface area (Å²) in [4.78, 5) is 18.2. The second kappa shape index (κ2) is 7.66. The van der Waals surface area contributed by atoms with Crippen molar-refractivity contribution >= 4 is 29.1 Å². The molecule has 0 aliphatic heterocycles. The number of halogens is 2. The number of hydrogen-bond acceptors (Lipinski definition) is 3. The summed E-state index contributed by atoms with van der Waals surface area (Å²) in [6, 6.07) is 8.75. The number of carbonyl (C=O) groups is 1. The van der Waals surface area contributed by atoms with Gasteiger partial charge in [-0.05, 0) is 31.5 Å². The minimum Gasteiger partial charge on any atom is -0.475 e. The number of rotatable bonds is 5. The van der Waals surface area contributed by atoms with Crippen LogP contribution in [0.1, 0.15) is 29.8 Å². The third-order valence-corrected chi connectivity index (χ3v) is 3.98. The third-order valence-electron chi connectivity index (χ3n) is 3.13. The van der Waals surface area contributed by atoms with Crippen molar-refractivity contribution in [3.8, 4) is 5.88 Å². The van der Waals surface area contributed by atoms with E-state index in [9.17, 15) is 4.79 Å². The minimum absolute atomic E-state index is 0.0386. The smallest absolute Gasteiger partial charge is 0.255 e. The van der Waals surface area contributed by atoms with Gasteiger partial charge in [-0.2, -0.15) is 0 Å². The normalized spacial score (nSPS) is 10.7. The van der Waals surface area contributed by atoms with E-state index in [1.807, 2.05) is 26.0 Å². The van der Waals surface area contributed by atoms with Crippen molar-refractivity contribution in [2.24, 2.45) is 0 Å². The topological polar surface area (TPSA) is 42.4 Å². The molecule has 0 fully saturated rings. The first-order chi connectivity index (χ1) is 10.9. The lowest BCUT2D eigenvalue weighted by Gasteiger charge is -2.18. The van der Waals surface area contributed by atoms with Gasteiger partial charge in [0.25, 0.3) is 5.91 Å². The van der Waals surface area contributed by atoms with Crippen LogP contribution in [0.3, 0.4) is 0 Å². The first-order valence-electron chi connectivity index (χ1n) is 7.19. The first-order valence-corrected chi connectivity index (χ1v) is 7.95. The third kappa shape index (κ3) is 4.60. The average molecular weight is 353 g/mol. The number of amides is 1. The Balaban J connectivity index is 2.08. The Morgan fingerprint density at radius 3 is 2.61 bits per heavy atom. The summed E-state index contributed by atoms with van der Waals surface area (Å²) in [6.07, 6.45) is 1.55. The maximum atomic E-state index is 12.4. The van der Waals surface area contributed by atoms with E-state index >= 15 is 0 Å². The Morgan fingerprint density at radius 1 is 1.26 bits per heavy atom. The zero-order valence-electron chi connectivity index (χ0n) is 13.2. The van der Waals surface area contributed by atoms with Gasteiger partial charge in [0.1, 0.15) is 0 Å². The molecular formula is C17H18Cl2N2O2. The fourth-order valence-electron chi connectivity index (χ4n) is 2.04. The molecule has 4 nitrogen and oxygen atoms in total. The SMILES string of the molecule is CC(C)Oc1ccc(C(=O)N(C)Cc2cccc(Cl)c2Cl)cn1. The van der Waals surface area contributed by atoms with Crippen molar-refractivity contribution in [3.63, 3.8) is 0 Å². The Hall–Kier alpha value is -1.78. The van der Waals surface area contributed by atoms with Gasteiger partial charge in [-0.1, -0.05) is 35.3 Å². The lowest BCUT2D eigenvalue weighted by Crippen LogP contribution is -2.26. The maximum absolute atomic E-state index is 12.4. The standard InChI is InChI=1S/C17H18Cl2N2O2/c1-11(2)23-15-8-7-12(9-20-15)17(22)21(3)10-13-5-4-6-14(18)16(13)19/h4-9,11H,10H2,1-3H3. The van der Waals surface area contributed by atoms with E-state index in [-0.39, 0.29) is 12.0 Å². The van der Waals surface area contributed by atoms with Crippen molar-refractivity contribution in [2.75, 3.05) is 7.05 Å². The summed E-state index contributed by atoms with van der Waals surface area (Å²) in [5, 5.41) is 0.939. The zero-order valence-corrected chi connectivity index (χ0v) is 14.7. The predicted molar refractivity (Wildman–Crippen MR) is 92.3 cm³/mol. The minimum atomic E-state index is -0.148. The van der Waals surface area contributed by atoms with Gasteiger partial charge in [-0.3, -0.25) is 4.79 Å². The van der Waals surface area contributed by atoms with Gasteiger partial charge in [-0.25, -0.2) is 4.98 Å². The highest BCUT2D eigenvalue weighted by Crippen LogP contribution is 2.26. The fourth-order valence-corrected chi connectivity index (χ4v) is 2.42. The Kier molecular flexibility index (Phi) is 5.85. The van der Waals surface area contributed by atoms with Gasteiger partial charge in [0.05, 0.1) is 21.7 Å². The number of ether oxygens (including phenoxy) is 1. The lowest BCUT2D eigenvalue weighted by molar-refractivity contribution is 0.0784. The molecule has 0 atom stereocenters.